The Morgan fingerprint density at radius 1 is 1.05 bits per heavy atom. The molecule has 0 bridgehead atoms. The van der Waals surface area contributed by atoms with Crippen LogP contribution in [0.15, 0.2) is 54.6 Å². The second-order valence-corrected chi connectivity index (χ2v) is 11.2. The van der Waals surface area contributed by atoms with E-state index in [9.17, 15) is 19.2 Å². The number of alkyl carbamates (subject to hydrolysis) is 1. The first kappa shape index (κ1) is 31.7. The lowest BCUT2D eigenvalue weighted by Gasteiger charge is -2.29. The van der Waals surface area contributed by atoms with Gasteiger partial charge in [0.2, 0.25) is 11.8 Å². The third-order valence-corrected chi connectivity index (χ3v) is 7.10. The summed E-state index contributed by atoms with van der Waals surface area (Å²) in [5, 5.41) is 7.70. The van der Waals surface area contributed by atoms with Crippen LogP contribution in [0.3, 0.4) is 0 Å². The van der Waals surface area contributed by atoms with Crippen LogP contribution in [-0.2, 0) is 25.0 Å². The van der Waals surface area contributed by atoms with E-state index in [2.05, 4.69) is 16.0 Å². The molecule has 1 saturated heterocycles. The number of hydrogen-bond acceptors (Lipinski definition) is 5. The number of hydrogen-bond donors (Lipinski definition) is 3. The Kier molecular flexibility index (Phi) is 11.0. The minimum Gasteiger partial charge on any atom is -0.434 e. The van der Waals surface area contributed by atoms with Gasteiger partial charge in [0.05, 0.1) is 6.04 Å². The average molecular weight is 572 g/mol. The summed E-state index contributed by atoms with van der Waals surface area (Å²) in [5.74, 6) is -4.90. The summed E-state index contributed by atoms with van der Waals surface area (Å²) in [6, 6.07) is 11.6. The average Bonchev–Trinajstić information content (AvgIpc) is 3.34. The van der Waals surface area contributed by atoms with Crippen molar-refractivity contribution in [2.24, 2.45) is 11.8 Å². The van der Waals surface area contributed by atoms with Crippen LogP contribution in [-0.4, -0.2) is 42.8 Å². The van der Waals surface area contributed by atoms with Gasteiger partial charge in [0.25, 0.3) is 0 Å². The van der Waals surface area contributed by atoms with E-state index < -0.39 is 42.0 Å². The zero-order chi connectivity index (χ0) is 30.2. The number of nitrogens with one attached hydrogen (secondary N) is 3. The smallest absolute Gasteiger partial charge is 0.408 e. The van der Waals surface area contributed by atoms with Gasteiger partial charge in [0, 0.05) is 18.0 Å². The lowest BCUT2D eigenvalue weighted by atomic mass is 9.93. The second-order valence-electron chi connectivity index (χ2n) is 11.2. The van der Waals surface area contributed by atoms with Crippen molar-refractivity contribution in [2.45, 2.75) is 77.0 Å². The molecule has 0 aliphatic carbocycles. The van der Waals surface area contributed by atoms with E-state index in [1.54, 1.807) is 30.3 Å². The van der Waals surface area contributed by atoms with Gasteiger partial charge in [-0.25, -0.2) is 4.79 Å². The Morgan fingerprint density at radius 2 is 1.73 bits per heavy atom. The summed E-state index contributed by atoms with van der Waals surface area (Å²) in [5.41, 5.74) is 0.502. The molecular weight excluding hydrogens is 532 g/mol. The molecule has 0 spiro atoms. The molecule has 0 aromatic heterocycles. The van der Waals surface area contributed by atoms with Crippen LogP contribution in [0.4, 0.5) is 13.6 Å². The minimum absolute atomic E-state index is 0.0127. The van der Waals surface area contributed by atoms with Crippen molar-refractivity contribution in [3.05, 3.63) is 71.3 Å². The molecule has 10 heteroatoms. The molecule has 1 fully saturated rings. The lowest BCUT2D eigenvalue weighted by molar-refractivity contribution is -0.129. The summed E-state index contributed by atoms with van der Waals surface area (Å²) in [6.45, 7) is 7.95. The molecule has 1 aliphatic rings. The molecular formula is C31H39F2N3O5. The summed E-state index contributed by atoms with van der Waals surface area (Å²) < 4.78 is 37.4. The molecule has 2 aromatic rings. The van der Waals surface area contributed by atoms with Crippen LogP contribution in [0.25, 0.3) is 0 Å². The van der Waals surface area contributed by atoms with Gasteiger partial charge in [-0.05, 0) is 48.3 Å². The topological polar surface area (TPSA) is 114 Å². The van der Waals surface area contributed by atoms with Crippen LogP contribution in [0, 0.1) is 11.8 Å². The Hall–Kier alpha value is -3.82. The van der Waals surface area contributed by atoms with Gasteiger partial charge < -0.3 is 25.5 Å². The number of carbonyl (C=O) groups excluding carboxylic acids is 4. The normalized spacial score (nSPS) is 17.5. The highest BCUT2D eigenvalue weighted by atomic mass is 19.3. The van der Waals surface area contributed by atoms with E-state index in [0.29, 0.717) is 24.8 Å². The molecule has 8 nitrogen and oxygen atoms in total. The molecule has 2 aromatic carbocycles. The van der Waals surface area contributed by atoms with Crippen LogP contribution in [0.2, 0.25) is 0 Å². The quantitative estimate of drug-likeness (QED) is 0.293. The van der Waals surface area contributed by atoms with Gasteiger partial charge in [-0.2, -0.15) is 8.78 Å². The maximum Gasteiger partial charge on any atom is 0.408 e. The largest absolute Gasteiger partial charge is 0.434 e. The van der Waals surface area contributed by atoms with Crippen LogP contribution in [0.1, 0.15) is 75.7 Å². The van der Waals surface area contributed by atoms with Gasteiger partial charge in [0.1, 0.15) is 12.3 Å². The summed E-state index contributed by atoms with van der Waals surface area (Å²) in [4.78, 5) is 49.8. The van der Waals surface area contributed by atoms with Crippen LogP contribution < -0.4 is 16.0 Å². The predicted molar refractivity (Wildman–Crippen MR) is 150 cm³/mol. The Balaban J connectivity index is 1.80. The van der Waals surface area contributed by atoms with E-state index in [4.69, 9.17) is 4.74 Å². The van der Waals surface area contributed by atoms with Crippen molar-refractivity contribution < 1.29 is 32.7 Å². The highest BCUT2D eigenvalue weighted by Crippen LogP contribution is 2.43. The predicted octanol–water partition coefficient (Wildman–Crippen LogP) is 4.99. The third-order valence-electron chi connectivity index (χ3n) is 7.10. The molecule has 3 N–H and O–H groups in total. The van der Waals surface area contributed by atoms with E-state index >= 15 is 8.78 Å². The van der Waals surface area contributed by atoms with E-state index in [1.807, 2.05) is 27.7 Å². The van der Waals surface area contributed by atoms with Crippen LogP contribution in [0.5, 0.6) is 0 Å². The van der Waals surface area contributed by atoms with Crippen molar-refractivity contribution in [3.63, 3.8) is 0 Å². The first-order valence-corrected chi connectivity index (χ1v) is 14.0. The Bertz CT molecular complexity index is 1210. The standard InChI is InChI=1S/C31H39F2N3O5/c1-19(2)15-26(29(39)35-25(18-37)17-23-13-14-34-28(23)38)36-30(40)41-27(21-9-6-5-7-10-21)31(32,33)24-12-8-11-22(16-24)20(3)4/h5-12,16,18-20,23,25-27H,13-15,17H2,1-4H3,(H,34,38)(H,35,39)(H,36,40)/t23-,25-,26-,27-/m0/s1. The van der Waals surface area contributed by atoms with Crippen LogP contribution >= 0.6 is 0 Å². The van der Waals surface area contributed by atoms with Gasteiger partial charge in [-0.1, -0.05) is 76.2 Å². The Labute approximate surface area is 239 Å². The van der Waals surface area contributed by atoms with Crippen molar-refractivity contribution >= 4 is 24.2 Å². The molecule has 0 unspecified atom stereocenters. The van der Waals surface area contributed by atoms with Crippen molar-refractivity contribution in [1.29, 1.82) is 0 Å². The highest BCUT2D eigenvalue weighted by Gasteiger charge is 2.46. The zero-order valence-corrected chi connectivity index (χ0v) is 23.9. The number of ether oxygens (including phenoxy) is 1. The fourth-order valence-corrected chi connectivity index (χ4v) is 4.83. The Morgan fingerprint density at radius 3 is 2.32 bits per heavy atom. The summed E-state index contributed by atoms with van der Waals surface area (Å²) in [7, 11) is 0. The number of benzene rings is 2. The second kappa shape index (κ2) is 14.2. The zero-order valence-electron chi connectivity index (χ0n) is 23.9. The number of rotatable bonds is 13. The first-order chi connectivity index (χ1) is 19.4. The van der Waals surface area contributed by atoms with Crippen molar-refractivity contribution in [2.75, 3.05) is 6.54 Å². The number of halogens is 2. The molecule has 0 radical (unpaired) electrons. The SMILES string of the molecule is CC(C)C[C@H](NC(=O)O[C@@H](c1ccccc1)C(F)(F)c1cccc(C(C)C)c1)C(=O)N[C@H](C=O)C[C@@H]1CCNC1=O. The molecule has 1 aliphatic heterocycles. The molecule has 3 rings (SSSR count). The minimum atomic E-state index is -3.59. The molecule has 222 valence electrons. The monoisotopic (exact) mass is 571 g/mol. The molecule has 41 heavy (non-hydrogen) atoms. The van der Waals surface area contributed by atoms with Crippen molar-refractivity contribution in [1.82, 2.24) is 16.0 Å². The number of amides is 3. The highest BCUT2D eigenvalue weighted by molar-refractivity contribution is 5.88. The molecule has 1 heterocycles. The first-order valence-electron chi connectivity index (χ1n) is 14.0. The van der Waals surface area contributed by atoms with E-state index in [1.165, 1.54) is 24.3 Å². The number of alkyl halides is 2. The lowest BCUT2D eigenvalue weighted by Crippen LogP contribution is -2.51. The number of carbonyl (C=O) groups is 4. The maximum absolute atomic E-state index is 16.0. The third kappa shape index (κ3) is 8.58. The molecule has 3 amide bonds. The summed E-state index contributed by atoms with van der Waals surface area (Å²) >= 11 is 0. The van der Waals surface area contributed by atoms with Crippen molar-refractivity contribution in [3.8, 4) is 0 Å². The van der Waals surface area contributed by atoms with Gasteiger partial charge >= 0.3 is 12.0 Å². The van der Waals surface area contributed by atoms with Gasteiger partial charge in [0.15, 0.2) is 6.10 Å². The van der Waals surface area contributed by atoms with Gasteiger partial charge in [-0.3, -0.25) is 9.59 Å². The number of aldehydes is 1. The van der Waals surface area contributed by atoms with E-state index in [0.717, 1.165) is 0 Å². The van der Waals surface area contributed by atoms with E-state index in [-0.39, 0.29) is 41.7 Å². The van der Waals surface area contributed by atoms with Gasteiger partial charge in [-0.15, -0.1) is 0 Å². The summed E-state index contributed by atoms with van der Waals surface area (Å²) in [6.07, 6.45) is -1.79. The maximum atomic E-state index is 16.0. The fourth-order valence-electron chi connectivity index (χ4n) is 4.83. The fraction of sp³-hybridized carbons (Fsp3) is 0.484. The molecule has 4 atom stereocenters. The molecule has 0 saturated carbocycles.